The summed E-state index contributed by atoms with van der Waals surface area (Å²) in [5.41, 5.74) is 12.0. The van der Waals surface area contributed by atoms with Crippen molar-refractivity contribution in [2.24, 2.45) is 0 Å². The van der Waals surface area contributed by atoms with E-state index >= 15 is 0 Å². The number of nitrogens with zero attached hydrogens (tertiary/aromatic N) is 4. The summed E-state index contributed by atoms with van der Waals surface area (Å²) in [5.74, 6) is -0.209. The summed E-state index contributed by atoms with van der Waals surface area (Å²) in [6.07, 6.45) is 0. The molecule has 0 spiro atoms. The van der Waals surface area contributed by atoms with Crippen molar-refractivity contribution in [3.63, 3.8) is 0 Å². The molecule has 3 rings (SSSR count). The Morgan fingerprint density at radius 3 is 2.20 bits per heavy atom. The molecule has 2 heterocycles. The van der Waals surface area contributed by atoms with E-state index in [1.54, 1.807) is 7.11 Å². The van der Waals surface area contributed by atoms with E-state index in [1.165, 1.54) is 0 Å². The van der Waals surface area contributed by atoms with Crippen molar-refractivity contribution in [2.75, 3.05) is 39.0 Å². The third-order valence-electron chi connectivity index (χ3n) is 5.98. The van der Waals surface area contributed by atoms with Gasteiger partial charge >= 0.3 is 5.97 Å². The third-order valence-corrected chi connectivity index (χ3v) is 5.98. The lowest BCUT2D eigenvalue weighted by Crippen LogP contribution is -2.29. The highest BCUT2D eigenvalue weighted by Gasteiger charge is 2.14. The van der Waals surface area contributed by atoms with Gasteiger partial charge in [0.15, 0.2) is 0 Å². The summed E-state index contributed by atoms with van der Waals surface area (Å²) in [4.78, 5) is 25.1. The van der Waals surface area contributed by atoms with E-state index in [0.717, 1.165) is 53.5 Å². The molecular formula is C27H35N5O3. The van der Waals surface area contributed by atoms with Crippen LogP contribution < -0.4 is 10.5 Å². The summed E-state index contributed by atoms with van der Waals surface area (Å²) in [7, 11) is 1.60. The molecule has 1 aromatic carbocycles. The zero-order valence-corrected chi connectivity index (χ0v) is 21.0. The van der Waals surface area contributed by atoms with Gasteiger partial charge in [0.1, 0.15) is 5.75 Å². The molecular weight excluding hydrogens is 442 g/mol. The number of rotatable bonds is 12. The van der Waals surface area contributed by atoms with Crippen molar-refractivity contribution in [1.29, 1.82) is 0 Å². The Hall–Kier alpha value is -3.49. The van der Waals surface area contributed by atoms with Gasteiger partial charge in [0.2, 0.25) is 0 Å². The number of nitrogen functional groups attached to an aromatic ring is 1. The largest absolute Gasteiger partial charge is 0.495 e. The van der Waals surface area contributed by atoms with Crippen LogP contribution in [0.25, 0.3) is 22.5 Å². The first kappa shape index (κ1) is 26.1. The van der Waals surface area contributed by atoms with Gasteiger partial charge in [-0.2, -0.15) is 0 Å². The highest BCUT2D eigenvalue weighted by atomic mass is 16.5. The van der Waals surface area contributed by atoms with Crippen molar-refractivity contribution < 1.29 is 14.6 Å². The molecule has 0 atom stereocenters. The number of methoxy groups -OCH3 is 1. The summed E-state index contributed by atoms with van der Waals surface area (Å²) in [6, 6.07) is 15.7. The number of ether oxygens (including phenoxy) is 1. The average Bonchev–Trinajstić information content (AvgIpc) is 2.86. The van der Waals surface area contributed by atoms with Crippen molar-refractivity contribution in [3.8, 4) is 28.3 Å². The van der Waals surface area contributed by atoms with Crippen molar-refractivity contribution >= 4 is 11.7 Å². The molecule has 0 amide bonds. The zero-order chi connectivity index (χ0) is 25.4. The van der Waals surface area contributed by atoms with Crippen LogP contribution in [0, 0.1) is 0 Å². The number of carboxylic acid groups (broad SMARTS) is 1. The van der Waals surface area contributed by atoms with Crippen LogP contribution in [-0.4, -0.2) is 64.1 Å². The number of hydrogen-bond acceptors (Lipinski definition) is 7. The molecule has 3 N–H and O–H groups in total. The summed E-state index contributed by atoms with van der Waals surface area (Å²) >= 11 is 0. The number of aromatic nitrogens is 2. The maximum absolute atomic E-state index is 11.2. The smallest absolute Gasteiger partial charge is 0.317 e. The Bertz CT molecular complexity index is 1150. The zero-order valence-electron chi connectivity index (χ0n) is 21.0. The van der Waals surface area contributed by atoms with E-state index in [2.05, 4.69) is 24.8 Å². The molecule has 0 radical (unpaired) electrons. The van der Waals surface area contributed by atoms with Crippen LogP contribution in [0.1, 0.15) is 32.2 Å². The molecule has 0 aliphatic heterocycles. The van der Waals surface area contributed by atoms with Crippen LogP contribution in [0.3, 0.4) is 0 Å². The van der Waals surface area contributed by atoms with Crippen molar-refractivity contribution in [3.05, 3.63) is 59.9 Å². The van der Waals surface area contributed by atoms with Crippen LogP contribution in [-0.2, 0) is 17.9 Å². The van der Waals surface area contributed by atoms with Gasteiger partial charge in [-0.1, -0.05) is 32.9 Å². The SMILES string of the molecule is CCN(CC)Cc1cc(-c2ccc(OC)c(N)c2)cc(-c2cccc(CN(CC)CC(=O)O)n2)n1. The van der Waals surface area contributed by atoms with Crippen LogP contribution in [0.2, 0.25) is 0 Å². The minimum Gasteiger partial charge on any atom is -0.495 e. The van der Waals surface area contributed by atoms with Gasteiger partial charge in [-0.3, -0.25) is 14.6 Å². The van der Waals surface area contributed by atoms with Crippen LogP contribution in [0.4, 0.5) is 5.69 Å². The first-order valence-electron chi connectivity index (χ1n) is 11.9. The number of anilines is 1. The molecule has 0 saturated carbocycles. The lowest BCUT2D eigenvalue weighted by molar-refractivity contribution is -0.138. The highest BCUT2D eigenvalue weighted by molar-refractivity contribution is 5.74. The Kier molecular flexibility index (Phi) is 9.17. The normalized spacial score (nSPS) is 11.3. The van der Waals surface area contributed by atoms with Crippen molar-refractivity contribution in [2.45, 2.75) is 33.9 Å². The monoisotopic (exact) mass is 477 g/mol. The van der Waals surface area contributed by atoms with Crippen molar-refractivity contribution in [1.82, 2.24) is 19.8 Å². The Morgan fingerprint density at radius 2 is 1.57 bits per heavy atom. The van der Waals surface area contributed by atoms with Crippen LogP contribution >= 0.6 is 0 Å². The van der Waals surface area contributed by atoms with E-state index < -0.39 is 5.97 Å². The molecule has 0 bridgehead atoms. The molecule has 0 fully saturated rings. The topological polar surface area (TPSA) is 105 Å². The number of nitrogens with two attached hydrogens (primary N) is 1. The summed E-state index contributed by atoms with van der Waals surface area (Å²) < 4.78 is 5.32. The van der Waals surface area contributed by atoms with Gasteiger partial charge < -0.3 is 15.6 Å². The minimum absolute atomic E-state index is 0.0247. The summed E-state index contributed by atoms with van der Waals surface area (Å²) in [6.45, 7) is 9.85. The Morgan fingerprint density at radius 1 is 0.886 bits per heavy atom. The number of carbonyl (C=O) groups is 1. The molecule has 3 aromatic rings. The Balaban J connectivity index is 2.03. The molecule has 186 valence electrons. The second-order valence-corrected chi connectivity index (χ2v) is 8.36. The predicted molar refractivity (Wildman–Crippen MR) is 139 cm³/mol. The quantitative estimate of drug-likeness (QED) is 0.375. The van der Waals surface area contributed by atoms with Gasteiger partial charge in [0, 0.05) is 13.1 Å². The van der Waals surface area contributed by atoms with E-state index in [0.29, 0.717) is 24.5 Å². The fraction of sp³-hybridized carbons (Fsp3) is 0.370. The Labute approximate surface area is 207 Å². The molecule has 0 unspecified atom stereocenters. The number of pyridine rings is 2. The molecule has 0 aliphatic carbocycles. The van der Waals surface area contributed by atoms with E-state index in [-0.39, 0.29) is 6.54 Å². The minimum atomic E-state index is -0.850. The molecule has 0 saturated heterocycles. The molecule has 8 nitrogen and oxygen atoms in total. The van der Waals surface area contributed by atoms with Gasteiger partial charge in [-0.05, 0) is 67.2 Å². The highest BCUT2D eigenvalue weighted by Crippen LogP contribution is 2.31. The maximum atomic E-state index is 11.2. The lowest BCUT2D eigenvalue weighted by Gasteiger charge is -2.19. The van der Waals surface area contributed by atoms with E-state index in [1.807, 2.05) is 54.3 Å². The number of carboxylic acids is 1. The number of hydrogen-bond donors (Lipinski definition) is 2. The first-order valence-corrected chi connectivity index (χ1v) is 11.9. The van der Waals surface area contributed by atoms with E-state index in [9.17, 15) is 4.79 Å². The fourth-order valence-electron chi connectivity index (χ4n) is 3.97. The second-order valence-electron chi connectivity index (χ2n) is 8.36. The average molecular weight is 478 g/mol. The van der Waals surface area contributed by atoms with Gasteiger partial charge in [0.05, 0.1) is 42.1 Å². The van der Waals surface area contributed by atoms with Gasteiger partial charge in [0.25, 0.3) is 0 Å². The maximum Gasteiger partial charge on any atom is 0.317 e. The fourth-order valence-corrected chi connectivity index (χ4v) is 3.97. The van der Waals surface area contributed by atoms with Crippen LogP contribution in [0.15, 0.2) is 48.5 Å². The number of benzene rings is 1. The summed E-state index contributed by atoms with van der Waals surface area (Å²) in [5, 5.41) is 9.17. The number of aliphatic carboxylic acids is 1. The third kappa shape index (κ3) is 7.00. The molecule has 35 heavy (non-hydrogen) atoms. The molecule has 0 aliphatic rings. The van der Waals surface area contributed by atoms with Gasteiger partial charge in [-0.15, -0.1) is 0 Å². The predicted octanol–water partition coefficient (Wildman–Crippen LogP) is 4.15. The molecule has 2 aromatic heterocycles. The molecule has 8 heteroatoms. The lowest BCUT2D eigenvalue weighted by atomic mass is 10.0. The van der Waals surface area contributed by atoms with Gasteiger partial charge in [-0.25, -0.2) is 9.97 Å². The second kappa shape index (κ2) is 12.3. The number of likely N-dealkylation sites (N-methyl/N-ethyl adjacent to an activating group) is 1. The van der Waals surface area contributed by atoms with Crippen LogP contribution in [0.5, 0.6) is 5.75 Å². The first-order chi connectivity index (χ1) is 16.9. The standard InChI is InChI=1S/C27H35N5O3/c1-5-31(6-2)17-22-13-20(19-11-12-26(35-4)23(28)14-19)15-25(30-22)24-10-8-9-21(29-24)16-32(7-3)18-27(33)34/h8-15H,5-7,16-18,28H2,1-4H3,(H,33,34). The van der Waals surface area contributed by atoms with E-state index in [4.69, 9.17) is 25.5 Å².